The number of thiophene rings is 1. The van der Waals surface area contributed by atoms with E-state index in [0.717, 1.165) is 21.9 Å². The Bertz CT molecular complexity index is 1150. The number of carbonyl (C=O) groups excluding carboxylic acids is 1. The molecule has 4 heterocycles. The Labute approximate surface area is 170 Å². The summed E-state index contributed by atoms with van der Waals surface area (Å²) in [6.07, 6.45) is 5.11. The first-order valence-electron chi connectivity index (χ1n) is 9.03. The molecule has 0 radical (unpaired) electrons. The lowest BCUT2D eigenvalue weighted by Gasteiger charge is -2.18. The van der Waals surface area contributed by atoms with Crippen LogP contribution in [0, 0.1) is 0 Å². The lowest BCUT2D eigenvalue weighted by molar-refractivity contribution is 0.103. The van der Waals surface area contributed by atoms with Gasteiger partial charge in [-0.3, -0.25) is 4.79 Å². The molecule has 0 bridgehead atoms. The summed E-state index contributed by atoms with van der Waals surface area (Å²) < 4.78 is 12.9. The van der Waals surface area contributed by atoms with Crippen molar-refractivity contribution in [1.82, 2.24) is 14.8 Å². The van der Waals surface area contributed by atoms with Gasteiger partial charge in [0.05, 0.1) is 16.8 Å². The minimum Gasteiger partial charge on any atom is -0.486 e. The van der Waals surface area contributed by atoms with Gasteiger partial charge >= 0.3 is 0 Å². The Morgan fingerprint density at radius 1 is 1.07 bits per heavy atom. The van der Waals surface area contributed by atoms with Gasteiger partial charge in [-0.25, -0.2) is 9.67 Å². The molecule has 4 aromatic rings. The first-order chi connectivity index (χ1) is 14.3. The standard InChI is InChI=1S/C21H16N4O3S/c26-21(24-15-3-7-20(22-13-15)25-9-1-8-23-25)19-6-5-18(29-19)14-2-4-16-17(12-14)28-11-10-27-16/h1-9,12-13H,10-11H2,(H,24,26). The summed E-state index contributed by atoms with van der Waals surface area (Å²) in [5, 5.41) is 7.01. The SMILES string of the molecule is O=C(Nc1ccc(-n2cccn2)nc1)c1ccc(-c2ccc3c(c2)OCCO3)s1. The molecule has 0 fully saturated rings. The topological polar surface area (TPSA) is 78.3 Å². The largest absolute Gasteiger partial charge is 0.486 e. The van der Waals surface area contributed by atoms with E-state index in [1.54, 1.807) is 29.2 Å². The average Bonchev–Trinajstić information content (AvgIpc) is 3.46. The number of pyridine rings is 1. The van der Waals surface area contributed by atoms with Gasteiger partial charge in [0.15, 0.2) is 17.3 Å². The van der Waals surface area contributed by atoms with E-state index in [-0.39, 0.29) is 5.91 Å². The quantitative estimate of drug-likeness (QED) is 0.556. The Morgan fingerprint density at radius 2 is 1.97 bits per heavy atom. The second-order valence-corrected chi connectivity index (χ2v) is 7.42. The van der Waals surface area contributed by atoms with Gasteiger partial charge in [0.2, 0.25) is 0 Å². The van der Waals surface area contributed by atoms with Crippen LogP contribution in [0.15, 0.2) is 67.1 Å². The van der Waals surface area contributed by atoms with E-state index in [4.69, 9.17) is 9.47 Å². The van der Waals surface area contributed by atoms with Crippen molar-refractivity contribution in [2.75, 3.05) is 18.5 Å². The molecule has 1 aliphatic heterocycles. The number of amides is 1. The van der Waals surface area contributed by atoms with Crippen molar-refractivity contribution in [3.8, 4) is 27.8 Å². The van der Waals surface area contributed by atoms with Crippen molar-refractivity contribution < 1.29 is 14.3 Å². The third-order valence-corrected chi connectivity index (χ3v) is 5.53. The fraction of sp³-hybridized carbons (Fsp3) is 0.0952. The van der Waals surface area contributed by atoms with Gasteiger partial charge in [0.25, 0.3) is 5.91 Å². The van der Waals surface area contributed by atoms with E-state index in [2.05, 4.69) is 15.4 Å². The van der Waals surface area contributed by atoms with Gasteiger partial charge in [-0.05, 0) is 54.1 Å². The first-order valence-corrected chi connectivity index (χ1v) is 9.85. The van der Waals surface area contributed by atoms with E-state index < -0.39 is 0 Å². The average molecular weight is 404 g/mol. The number of nitrogens with one attached hydrogen (secondary N) is 1. The molecule has 144 valence electrons. The lowest BCUT2D eigenvalue weighted by Crippen LogP contribution is -2.15. The first kappa shape index (κ1) is 17.4. The van der Waals surface area contributed by atoms with Crippen molar-refractivity contribution >= 4 is 22.9 Å². The highest BCUT2D eigenvalue weighted by atomic mass is 32.1. The van der Waals surface area contributed by atoms with Crippen LogP contribution in [0.5, 0.6) is 11.5 Å². The zero-order chi connectivity index (χ0) is 19.6. The summed E-state index contributed by atoms with van der Waals surface area (Å²) >= 11 is 1.42. The molecular formula is C21H16N4O3S. The summed E-state index contributed by atoms with van der Waals surface area (Å²) in [5.41, 5.74) is 1.61. The smallest absolute Gasteiger partial charge is 0.265 e. The Balaban J connectivity index is 1.31. The predicted octanol–water partition coefficient (Wildman–Crippen LogP) is 4.02. The van der Waals surface area contributed by atoms with Gasteiger partial charge in [-0.1, -0.05) is 0 Å². The van der Waals surface area contributed by atoms with Crippen LogP contribution in [0.4, 0.5) is 5.69 Å². The second kappa shape index (κ2) is 7.40. The summed E-state index contributed by atoms with van der Waals surface area (Å²) in [7, 11) is 0. The zero-order valence-corrected chi connectivity index (χ0v) is 16.1. The van der Waals surface area contributed by atoms with E-state index in [0.29, 0.717) is 29.6 Å². The van der Waals surface area contributed by atoms with E-state index in [9.17, 15) is 4.79 Å². The number of anilines is 1. The number of hydrogen-bond donors (Lipinski definition) is 1. The van der Waals surface area contributed by atoms with E-state index in [1.807, 2.05) is 42.6 Å². The molecule has 0 saturated heterocycles. The number of aromatic nitrogens is 3. The Morgan fingerprint density at radius 3 is 2.76 bits per heavy atom. The number of benzene rings is 1. The Kier molecular flexibility index (Phi) is 4.45. The highest BCUT2D eigenvalue weighted by Gasteiger charge is 2.15. The molecule has 1 amide bonds. The molecule has 0 unspecified atom stereocenters. The van der Waals surface area contributed by atoms with Gasteiger partial charge < -0.3 is 14.8 Å². The summed E-state index contributed by atoms with van der Waals surface area (Å²) in [6.45, 7) is 1.11. The molecule has 7 nitrogen and oxygen atoms in total. The van der Waals surface area contributed by atoms with Crippen molar-refractivity contribution in [2.24, 2.45) is 0 Å². The molecule has 0 saturated carbocycles. The molecule has 5 rings (SSSR count). The molecule has 1 N–H and O–H groups in total. The fourth-order valence-electron chi connectivity index (χ4n) is 3.00. The summed E-state index contributed by atoms with van der Waals surface area (Å²) in [6, 6.07) is 15.0. The molecule has 29 heavy (non-hydrogen) atoms. The maximum Gasteiger partial charge on any atom is 0.265 e. The molecule has 0 spiro atoms. The Hall–Kier alpha value is -3.65. The molecule has 8 heteroatoms. The van der Waals surface area contributed by atoms with Gasteiger partial charge in [0, 0.05) is 17.3 Å². The van der Waals surface area contributed by atoms with Crippen molar-refractivity contribution in [2.45, 2.75) is 0 Å². The van der Waals surface area contributed by atoms with Crippen molar-refractivity contribution in [3.05, 3.63) is 72.0 Å². The second-order valence-electron chi connectivity index (χ2n) is 6.33. The van der Waals surface area contributed by atoms with E-state index in [1.165, 1.54) is 11.3 Å². The molecular weight excluding hydrogens is 388 g/mol. The van der Waals surface area contributed by atoms with Gasteiger partial charge in [-0.2, -0.15) is 5.10 Å². The van der Waals surface area contributed by atoms with Crippen LogP contribution in [-0.4, -0.2) is 33.9 Å². The number of carbonyl (C=O) groups is 1. The van der Waals surface area contributed by atoms with Crippen molar-refractivity contribution in [3.63, 3.8) is 0 Å². The maximum absolute atomic E-state index is 12.6. The highest BCUT2D eigenvalue weighted by molar-refractivity contribution is 7.17. The molecule has 1 aliphatic rings. The number of fused-ring (bicyclic) bond motifs is 1. The number of nitrogens with zero attached hydrogens (tertiary/aromatic N) is 3. The maximum atomic E-state index is 12.6. The van der Waals surface area contributed by atoms with Gasteiger partial charge in [0.1, 0.15) is 13.2 Å². The number of rotatable bonds is 4. The molecule has 1 aromatic carbocycles. The zero-order valence-electron chi connectivity index (χ0n) is 15.2. The monoisotopic (exact) mass is 404 g/mol. The van der Waals surface area contributed by atoms with Crippen LogP contribution in [0.25, 0.3) is 16.3 Å². The molecule has 3 aromatic heterocycles. The van der Waals surface area contributed by atoms with Crippen LogP contribution in [0.2, 0.25) is 0 Å². The predicted molar refractivity (Wildman–Crippen MR) is 110 cm³/mol. The fourth-order valence-corrected chi connectivity index (χ4v) is 3.90. The van der Waals surface area contributed by atoms with Crippen LogP contribution in [0.1, 0.15) is 9.67 Å². The normalized spacial score (nSPS) is 12.6. The lowest BCUT2D eigenvalue weighted by atomic mass is 10.1. The summed E-state index contributed by atoms with van der Waals surface area (Å²) in [5.74, 6) is 1.99. The summed E-state index contributed by atoms with van der Waals surface area (Å²) in [4.78, 5) is 18.5. The minimum absolute atomic E-state index is 0.174. The number of ether oxygens (including phenoxy) is 2. The van der Waals surface area contributed by atoms with Crippen LogP contribution >= 0.6 is 11.3 Å². The number of hydrogen-bond acceptors (Lipinski definition) is 6. The highest BCUT2D eigenvalue weighted by Crippen LogP contribution is 2.37. The van der Waals surface area contributed by atoms with Crippen LogP contribution in [-0.2, 0) is 0 Å². The van der Waals surface area contributed by atoms with E-state index >= 15 is 0 Å². The van der Waals surface area contributed by atoms with Crippen LogP contribution in [0.3, 0.4) is 0 Å². The minimum atomic E-state index is -0.174. The third-order valence-electron chi connectivity index (χ3n) is 4.40. The van der Waals surface area contributed by atoms with Crippen molar-refractivity contribution in [1.29, 1.82) is 0 Å². The third kappa shape index (κ3) is 3.57. The molecule has 0 aliphatic carbocycles. The van der Waals surface area contributed by atoms with Gasteiger partial charge in [-0.15, -0.1) is 11.3 Å². The molecule has 0 atom stereocenters. The van der Waals surface area contributed by atoms with Crippen LogP contribution < -0.4 is 14.8 Å².